The van der Waals surface area contributed by atoms with E-state index in [0.717, 1.165) is 5.56 Å². The molecular formula is C23H22N2O4. The third kappa shape index (κ3) is 4.99. The smallest absolute Gasteiger partial charge is 0.338 e. The van der Waals surface area contributed by atoms with Crippen LogP contribution in [0.3, 0.4) is 0 Å². The van der Waals surface area contributed by atoms with E-state index in [2.05, 4.69) is 4.98 Å². The Labute approximate surface area is 169 Å². The van der Waals surface area contributed by atoms with Crippen LogP contribution in [0.4, 0.5) is 5.69 Å². The Hall–Kier alpha value is -3.67. The zero-order valence-electron chi connectivity index (χ0n) is 16.4. The van der Waals surface area contributed by atoms with E-state index >= 15 is 0 Å². The highest BCUT2D eigenvalue weighted by Gasteiger charge is 2.19. The molecule has 0 aliphatic rings. The number of hydrogen-bond acceptors (Lipinski definition) is 5. The van der Waals surface area contributed by atoms with Gasteiger partial charge in [0.25, 0.3) is 5.91 Å². The van der Waals surface area contributed by atoms with Crippen LogP contribution in [0.25, 0.3) is 0 Å². The maximum atomic E-state index is 13.3. The van der Waals surface area contributed by atoms with Gasteiger partial charge in [0.15, 0.2) is 0 Å². The van der Waals surface area contributed by atoms with Crippen LogP contribution in [-0.4, -0.2) is 30.6 Å². The number of methoxy groups -OCH3 is 1. The van der Waals surface area contributed by atoms with E-state index in [9.17, 15) is 9.59 Å². The number of amides is 1. The summed E-state index contributed by atoms with van der Waals surface area (Å²) >= 11 is 0. The molecule has 0 unspecified atom stereocenters. The lowest BCUT2D eigenvalue weighted by Gasteiger charge is -2.23. The summed E-state index contributed by atoms with van der Waals surface area (Å²) < 4.78 is 10.3. The second-order valence-corrected chi connectivity index (χ2v) is 6.25. The molecule has 6 nitrogen and oxygen atoms in total. The van der Waals surface area contributed by atoms with Gasteiger partial charge in [0.2, 0.25) is 0 Å². The van der Waals surface area contributed by atoms with Gasteiger partial charge in [-0.1, -0.05) is 6.07 Å². The Morgan fingerprint density at radius 1 is 0.966 bits per heavy atom. The Morgan fingerprint density at radius 2 is 1.69 bits per heavy atom. The summed E-state index contributed by atoms with van der Waals surface area (Å²) in [5.74, 6) is 0.0424. The molecule has 3 aromatic rings. The van der Waals surface area contributed by atoms with Crippen molar-refractivity contribution in [2.75, 3.05) is 18.6 Å². The molecule has 0 saturated heterocycles. The summed E-state index contributed by atoms with van der Waals surface area (Å²) in [6.45, 7) is 2.43. The molecule has 0 N–H and O–H groups in total. The number of carbonyl (C=O) groups is 2. The molecule has 0 fully saturated rings. The molecule has 1 heterocycles. The quantitative estimate of drug-likeness (QED) is 0.568. The third-order valence-corrected chi connectivity index (χ3v) is 4.34. The highest BCUT2D eigenvalue weighted by molar-refractivity contribution is 6.06. The monoisotopic (exact) mass is 390 g/mol. The SMILES string of the molecule is CCOC(=O)c1ccc(N(Cc2ccncc2)C(=O)c2cccc(OC)c2)cc1. The number of aromatic nitrogens is 1. The minimum absolute atomic E-state index is 0.176. The molecule has 0 aliphatic heterocycles. The first kappa shape index (κ1) is 20.1. The van der Waals surface area contributed by atoms with Crippen LogP contribution in [0, 0.1) is 0 Å². The molecule has 2 aromatic carbocycles. The van der Waals surface area contributed by atoms with Crippen molar-refractivity contribution < 1.29 is 19.1 Å². The highest BCUT2D eigenvalue weighted by atomic mass is 16.5. The first-order chi connectivity index (χ1) is 14.1. The predicted molar refractivity (Wildman–Crippen MR) is 110 cm³/mol. The zero-order valence-corrected chi connectivity index (χ0v) is 16.4. The first-order valence-electron chi connectivity index (χ1n) is 9.24. The number of ether oxygens (including phenoxy) is 2. The maximum absolute atomic E-state index is 13.3. The van der Waals surface area contributed by atoms with Gasteiger partial charge < -0.3 is 14.4 Å². The van der Waals surface area contributed by atoms with Crippen molar-refractivity contribution in [1.29, 1.82) is 0 Å². The summed E-state index contributed by atoms with van der Waals surface area (Å²) in [6, 6.07) is 17.5. The van der Waals surface area contributed by atoms with E-state index in [-0.39, 0.29) is 11.9 Å². The van der Waals surface area contributed by atoms with Crippen molar-refractivity contribution in [3.05, 3.63) is 89.7 Å². The minimum atomic E-state index is -0.390. The molecule has 6 heteroatoms. The van der Waals surface area contributed by atoms with Crippen LogP contribution in [0.5, 0.6) is 5.75 Å². The summed E-state index contributed by atoms with van der Waals surface area (Å²) in [4.78, 5) is 30.9. The molecule has 0 saturated carbocycles. The van der Waals surface area contributed by atoms with E-state index in [4.69, 9.17) is 9.47 Å². The van der Waals surface area contributed by atoms with Crippen molar-refractivity contribution in [1.82, 2.24) is 4.98 Å². The molecule has 0 radical (unpaired) electrons. The topological polar surface area (TPSA) is 68.7 Å². The fourth-order valence-electron chi connectivity index (χ4n) is 2.85. The van der Waals surface area contributed by atoms with Crippen LogP contribution in [-0.2, 0) is 11.3 Å². The van der Waals surface area contributed by atoms with E-state index in [1.807, 2.05) is 12.1 Å². The van der Waals surface area contributed by atoms with Gasteiger partial charge in [-0.2, -0.15) is 0 Å². The van der Waals surface area contributed by atoms with Gasteiger partial charge in [0, 0.05) is 23.6 Å². The average molecular weight is 390 g/mol. The van der Waals surface area contributed by atoms with Gasteiger partial charge in [0.1, 0.15) is 5.75 Å². The average Bonchev–Trinajstić information content (AvgIpc) is 2.78. The van der Waals surface area contributed by atoms with Crippen LogP contribution in [0.1, 0.15) is 33.2 Å². The Kier molecular flexibility index (Phi) is 6.58. The van der Waals surface area contributed by atoms with Gasteiger partial charge in [-0.25, -0.2) is 4.79 Å². The number of benzene rings is 2. The van der Waals surface area contributed by atoms with Gasteiger partial charge in [-0.3, -0.25) is 9.78 Å². The van der Waals surface area contributed by atoms with Crippen LogP contribution in [0.15, 0.2) is 73.1 Å². The fraction of sp³-hybridized carbons (Fsp3) is 0.174. The summed E-state index contributed by atoms with van der Waals surface area (Å²) in [5, 5.41) is 0. The van der Waals surface area contributed by atoms with Crippen LogP contribution < -0.4 is 9.64 Å². The lowest BCUT2D eigenvalue weighted by atomic mass is 10.1. The fourth-order valence-corrected chi connectivity index (χ4v) is 2.85. The van der Waals surface area contributed by atoms with Gasteiger partial charge in [0.05, 0.1) is 25.8 Å². The van der Waals surface area contributed by atoms with Crippen molar-refractivity contribution in [3.8, 4) is 5.75 Å². The molecule has 1 amide bonds. The van der Waals surface area contributed by atoms with E-state index in [0.29, 0.717) is 35.7 Å². The van der Waals surface area contributed by atoms with E-state index in [1.54, 1.807) is 79.9 Å². The normalized spacial score (nSPS) is 10.3. The van der Waals surface area contributed by atoms with E-state index in [1.165, 1.54) is 0 Å². The second kappa shape index (κ2) is 9.50. The van der Waals surface area contributed by atoms with Crippen LogP contribution >= 0.6 is 0 Å². The second-order valence-electron chi connectivity index (χ2n) is 6.25. The lowest BCUT2D eigenvalue weighted by Crippen LogP contribution is -2.30. The molecule has 1 aromatic heterocycles. The number of carbonyl (C=O) groups excluding carboxylic acids is 2. The van der Waals surface area contributed by atoms with Crippen LogP contribution in [0.2, 0.25) is 0 Å². The molecular weight excluding hydrogens is 368 g/mol. The molecule has 148 valence electrons. The molecule has 0 aliphatic carbocycles. The van der Waals surface area contributed by atoms with Gasteiger partial charge in [-0.05, 0) is 67.1 Å². The summed E-state index contributed by atoms with van der Waals surface area (Å²) in [5.41, 5.74) is 2.55. The molecule has 0 spiro atoms. The largest absolute Gasteiger partial charge is 0.497 e. The highest BCUT2D eigenvalue weighted by Crippen LogP contribution is 2.23. The first-order valence-corrected chi connectivity index (χ1v) is 9.24. The summed E-state index contributed by atoms with van der Waals surface area (Å²) in [6.07, 6.45) is 3.38. The molecule has 29 heavy (non-hydrogen) atoms. The Bertz CT molecular complexity index is 972. The number of esters is 1. The van der Waals surface area contributed by atoms with Gasteiger partial charge in [-0.15, -0.1) is 0 Å². The van der Waals surface area contributed by atoms with Crippen molar-refractivity contribution in [2.45, 2.75) is 13.5 Å². The number of rotatable bonds is 7. The van der Waals surface area contributed by atoms with Gasteiger partial charge >= 0.3 is 5.97 Å². The van der Waals surface area contributed by atoms with Crippen molar-refractivity contribution in [3.63, 3.8) is 0 Å². The van der Waals surface area contributed by atoms with Crippen molar-refractivity contribution in [2.24, 2.45) is 0 Å². The molecule has 0 atom stereocenters. The predicted octanol–water partition coefficient (Wildman–Crippen LogP) is 4.11. The van der Waals surface area contributed by atoms with Crippen molar-refractivity contribution >= 4 is 17.6 Å². The number of anilines is 1. The number of nitrogens with zero attached hydrogens (tertiary/aromatic N) is 2. The standard InChI is InChI=1S/C23H22N2O4/c1-3-29-23(27)18-7-9-20(10-8-18)25(16-17-11-13-24-14-12-17)22(26)19-5-4-6-21(15-19)28-2/h4-15H,3,16H2,1-2H3. The Balaban J connectivity index is 1.94. The molecule has 0 bridgehead atoms. The lowest BCUT2D eigenvalue weighted by molar-refractivity contribution is 0.0526. The minimum Gasteiger partial charge on any atom is -0.497 e. The maximum Gasteiger partial charge on any atom is 0.338 e. The third-order valence-electron chi connectivity index (χ3n) is 4.34. The zero-order chi connectivity index (χ0) is 20.6. The Morgan fingerprint density at radius 3 is 2.34 bits per heavy atom. The molecule has 3 rings (SSSR count). The van der Waals surface area contributed by atoms with E-state index < -0.39 is 0 Å². The number of hydrogen-bond donors (Lipinski definition) is 0. The number of pyridine rings is 1. The summed E-state index contributed by atoms with van der Waals surface area (Å²) in [7, 11) is 1.56.